The van der Waals surface area contributed by atoms with Crippen LogP contribution >= 0.6 is 0 Å². The van der Waals surface area contributed by atoms with Crippen LogP contribution in [0, 0.1) is 6.92 Å². The highest BCUT2D eigenvalue weighted by atomic mass is 16.3. The second-order valence-electron chi connectivity index (χ2n) is 5.10. The molecule has 0 saturated carbocycles. The Bertz CT molecular complexity index is 901. The highest BCUT2D eigenvalue weighted by Gasteiger charge is 2.12. The minimum absolute atomic E-state index is 0.961. The van der Waals surface area contributed by atoms with Gasteiger partial charge in [-0.2, -0.15) is 0 Å². The minimum atomic E-state index is 0.961. The summed E-state index contributed by atoms with van der Waals surface area (Å²) in [4.78, 5) is 0. The first-order chi connectivity index (χ1) is 9.84. The van der Waals surface area contributed by atoms with E-state index in [4.69, 9.17) is 4.42 Å². The van der Waals surface area contributed by atoms with Gasteiger partial charge in [-0.25, -0.2) is 0 Å². The van der Waals surface area contributed by atoms with E-state index in [1.165, 1.54) is 21.9 Å². The summed E-state index contributed by atoms with van der Waals surface area (Å²) < 4.78 is 6.12. The molecular formula is C19H14O. The standard InChI is InChI=1S/C19H14O/c1-13-7-5-12-17-18(13)16-11-6-10-15(19(16)20-17)14-8-3-2-4-9-14/h2-12H,1H3. The van der Waals surface area contributed by atoms with E-state index in [9.17, 15) is 0 Å². The molecule has 0 aliphatic rings. The van der Waals surface area contributed by atoms with E-state index < -0.39 is 0 Å². The van der Waals surface area contributed by atoms with Crippen molar-refractivity contribution in [2.24, 2.45) is 0 Å². The van der Waals surface area contributed by atoms with E-state index in [1.807, 2.05) is 18.2 Å². The molecule has 1 nitrogen and oxygen atoms in total. The van der Waals surface area contributed by atoms with Gasteiger partial charge in [0.25, 0.3) is 0 Å². The highest BCUT2D eigenvalue weighted by Crippen LogP contribution is 2.36. The fourth-order valence-electron chi connectivity index (χ4n) is 2.87. The van der Waals surface area contributed by atoms with E-state index in [-0.39, 0.29) is 0 Å². The summed E-state index contributed by atoms with van der Waals surface area (Å²) in [5, 5.41) is 2.42. The maximum atomic E-state index is 6.12. The predicted molar refractivity (Wildman–Crippen MR) is 83.9 cm³/mol. The molecule has 0 bridgehead atoms. The smallest absolute Gasteiger partial charge is 0.143 e. The molecule has 0 N–H and O–H groups in total. The van der Waals surface area contributed by atoms with Gasteiger partial charge in [0.05, 0.1) is 0 Å². The van der Waals surface area contributed by atoms with Crippen molar-refractivity contribution in [3.05, 3.63) is 72.3 Å². The van der Waals surface area contributed by atoms with Crippen molar-refractivity contribution in [1.29, 1.82) is 0 Å². The Morgan fingerprint density at radius 1 is 0.750 bits per heavy atom. The Hall–Kier alpha value is -2.54. The SMILES string of the molecule is Cc1cccc2oc3c(-c4ccccc4)cccc3c12. The van der Waals surface area contributed by atoms with E-state index >= 15 is 0 Å². The third-order valence-electron chi connectivity index (χ3n) is 3.82. The number of hydrogen-bond acceptors (Lipinski definition) is 1. The van der Waals surface area contributed by atoms with Crippen LogP contribution in [0.25, 0.3) is 33.1 Å². The van der Waals surface area contributed by atoms with E-state index in [1.54, 1.807) is 0 Å². The second kappa shape index (κ2) is 4.24. The van der Waals surface area contributed by atoms with Crippen LogP contribution in [0.1, 0.15) is 5.56 Å². The first-order valence-electron chi connectivity index (χ1n) is 6.81. The lowest BCUT2D eigenvalue weighted by Gasteiger charge is -2.02. The van der Waals surface area contributed by atoms with Crippen LogP contribution in [-0.4, -0.2) is 0 Å². The third kappa shape index (κ3) is 1.56. The highest BCUT2D eigenvalue weighted by molar-refractivity contribution is 6.10. The van der Waals surface area contributed by atoms with Gasteiger partial charge in [-0.3, -0.25) is 0 Å². The Morgan fingerprint density at radius 3 is 2.40 bits per heavy atom. The lowest BCUT2D eigenvalue weighted by molar-refractivity contribution is 0.670. The van der Waals surface area contributed by atoms with Crippen LogP contribution in [0.2, 0.25) is 0 Å². The summed E-state index contributed by atoms with van der Waals surface area (Å²) in [6, 6.07) is 23.0. The summed E-state index contributed by atoms with van der Waals surface area (Å²) in [5.74, 6) is 0. The molecule has 1 heteroatoms. The van der Waals surface area contributed by atoms with Crippen molar-refractivity contribution >= 4 is 21.9 Å². The van der Waals surface area contributed by atoms with Crippen molar-refractivity contribution < 1.29 is 4.42 Å². The molecule has 0 unspecified atom stereocenters. The predicted octanol–water partition coefficient (Wildman–Crippen LogP) is 5.56. The summed E-state index contributed by atoms with van der Waals surface area (Å²) in [7, 11) is 0. The van der Waals surface area contributed by atoms with Crippen LogP contribution in [0.4, 0.5) is 0 Å². The van der Waals surface area contributed by atoms with Gasteiger partial charge in [0.2, 0.25) is 0 Å². The summed E-state index contributed by atoms with van der Waals surface area (Å²) >= 11 is 0. The van der Waals surface area contributed by atoms with Crippen LogP contribution in [0.3, 0.4) is 0 Å². The monoisotopic (exact) mass is 258 g/mol. The Kier molecular flexibility index (Phi) is 2.40. The Labute approximate surface area is 117 Å². The van der Waals surface area contributed by atoms with Gasteiger partial charge in [-0.1, -0.05) is 60.7 Å². The molecule has 0 radical (unpaired) electrons. The third-order valence-corrected chi connectivity index (χ3v) is 3.82. The maximum Gasteiger partial charge on any atom is 0.143 e. The van der Waals surface area contributed by atoms with Crippen molar-refractivity contribution in [3.63, 3.8) is 0 Å². The number of aryl methyl sites for hydroxylation is 1. The number of furan rings is 1. The Morgan fingerprint density at radius 2 is 1.55 bits per heavy atom. The minimum Gasteiger partial charge on any atom is -0.455 e. The lowest BCUT2D eigenvalue weighted by atomic mass is 10.0. The molecule has 1 heterocycles. The van der Waals surface area contributed by atoms with Gasteiger partial charge < -0.3 is 4.42 Å². The molecule has 0 aliphatic carbocycles. The zero-order valence-corrected chi connectivity index (χ0v) is 11.3. The van der Waals surface area contributed by atoms with Gasteiger partial charge in [-0.05, 0) is 24.1 Å². The molecule has 0 saturated heterocycles. The average Bonchev–Trinajstić information content (AvgIpc) is 2.88. The van der Waals surface area contributed by atoms with Gasteiger partial charge in [0.15, 0.2) is 0 Å². The van der Waals surface area contributed by atoms with Crippen molar-refractivity contribution in [2.75, 3.05) is 0 Å². The number of fused-ring (bicyclic) bond motifs is 3. The quantitative estimate of drug-likeness (QED) is 0.435. The maximum absolute atomic E-state index is 6.12. The largest absolute Gasteiger partial charge is 0.455 e. The topological polar surface area (TPSA) is 13.1 Å². The summed E-state index contributed by atoms with van der Waals surface area (Å²) in [6.07, 6.45) is 0. The number of para-hydroxylation sites is 1. The van der Waals surface area contributed by atoms with Crippen molar-refractivity contribution in [1.82, 2.24) is 0 Å². The molecule has 0 fully saturated rings. The van der Waals surface area contributed by atoms with E-state index in [0.717, 1.165) is 16.7 Å². The van der Waals surface area contributed by atoms with Crippen LogP contribution in [-0.2, 0) is 0 Å². The molecule has 0 amide bonds. The zero-order valence-electron chi connectivity index (χ0n) is 11.3. The number of rotatable bonds is 1. The van der Waals surface area contributed by atoms with E-state index in [2.05, 4.69) is 55.5 Å². The summed E-state index contributed by atoms with van der Waals surface area (Å²) in [6.45, 7) is 2.13. The van der Waals surface area contributed by atoms with Crippen molar-refractivity contribution in [2.45, 2.75) is 6.92 Å². The zero-order chi connectivity index (χ0) is 13.5. The molecule has 96 valence electrons. The average molecular weight is 258 g/mol. The first-order valence-corrected chi connectivity index (χ1v) is 6.81. The van der Waals surface area contributed by atoms with Gasteiger partial charge in [0.1, 0.15) is 11.2 Å². The fraction of sp³-hybridized carbons (Fsp3) is 0.0526. The molecule has 4 aromatic rings. The number of hydrogen-bond donors (Lipinski definition) is 0. The molecule has 0 aliphatic heterocycles. The van der Waals surface area contributed by atoms with E-state index in [0.29, 0.717) is 0 Å². The van der Waals surface area contributed by atoms with Gasteiger partial charge in [-0.15, -0.1) is 0 Å². The normalized spacial score (nSPS) is 11.2. The molecule has 4 rings (SSSR count). The molecular weight excluding hydrogens is 244 g/mol. The van der Waals surface area contributed by atoms with Gasteiger partial charge >= 0.3 is 0 Å². The van der Waals surface area contributed by atoms with Crippen molar-refractivity contribution in [3.8, 4) is 11.1 Å². The van der Waals surface area contributed by atoms with Crippen LogP contribution in [0.5, 0.6) is 0 Å². The lowest BCUT2D eigenvalue weighted by Crippen LogP contribution is -1.78. The van der Waals surface area contributed by atoms with Crippen LogP contribution in [0.15, 0.2) is 71.1 Å². The molecule has 3 aromatic carbocycles. The molecule has 1 aromatic heterocycles. The second-order valence-corrected chi connectivity index (χ2v) is 5.10. The Balaban J connectivity index is 2.14. The molecule has 0 spiro atoms. The summed E-state index contributed by atoms with van der Waals surface area (Å²) in [5.41, 5.74) is 5.53. The van der Waals surface area contributed by atoms with Crippen LogP contribution < -0.4 is 0 Å². The van der Waals surface area contributed by atoms with Gasteiger partial charge in [0, 0.05) is 16.3 Å². The number of benzene rings is 3. The first kappa shape index (κ1) is 11.3. The molecule has 20 heavy (non-hydrogen) atoms. The fourth-order valence-corrected chi connectivity index (χ4v) is 2.87. The molecule has 0 atom stereocenters.